The maximum absolute atomic E-state index is 12.3. The SMILES string of the molecule is CN(C)C/C=C(\F)C(F)(F)Br. The van der Waals surface area contributed by atoms with Crippen LogP contribution in [-0.2, 0) is 0 Å². The van der Waals surface area contributed by atoms with E-state index in [-0.39, 0.29) is 6.54 Å². The Labute approximate surface area is 72.0 Å². The molecule has 0 N–H and O–H groups in total. The van der Waals surface area contributed by atoms with E-state index in [1.165, 1.54) is 0 Å². The summed E-state index contributed by atoms with van der Waals surface area (Å²) in [4.78, 5) is -1.94. The summed E-state index contributed by atoms with van der Waals surface area (Å²) >= 11 is 1.90. The van der Waals surface area contributed by atoms with Gasteiger partial charge in [-0.3, -0.25) is 0 Å². The van der Waals surface area contributed by atoms with E-state index in [2.05, 4.69) is 0 Å². The topological polar surface area (TPSA) is 3.24 Å². The number of nitrogens with zero attached hydrogens (tertiary/aromatic N) is 1. The maximum atomic E-state index is 12.3. The van der Waals surface area contributed by atoms with Crippen LogP contribution in [0.4, 0.5) is 13.2 Å². The first-order chi connectivity index (χ1) is 4.84. The molecule has 0 aliphatic rings. The summed E-state index contributed by atoms with van der Waals surface area (Å²) in [6.45, 7) is 0.160. The molecule has 0 rings (SSSR count). The van der Waals surface area contributed by atoms with Gasteiger partial charge in [-0.15, -0.1) is 0 Å². The number of rotatable bonds is 3. The van der Waals surface area contributed by atoms with Crippen molar-refractivity contribution in [3.05, 3.63) is 11.9 Å². The molecule has 0 unspecified atom stereocenters. The fourth-order valence-corrected chi connectivity index (χ4v) is 0.540. The summed E-state index contributed by atoms with van der Waals surface area (Å²) in [6, 6.07) is 0. The molecule has 66 valence electrons. The molecule has 0 aromatic rings. The van der Waals surface area contributed by atoms with Gasteiger partial charge in [0.25, 0.3) is 0 Å². The van der Waals surface area contributed by atoms with Gasteiger partial charge in [-0.25, -0.2) is 4.39 Å². The van der Waals surface area contributed by atoms with Gasteiger partial charge in [-0.1, -0.05) is 0 Å². The van der Waals surface area contributed by atoms with E-state index in [9.17, 15) is 13.2 Å². The summed E-state index contributed by atoms with van der Waals surface area (Å²) in [5.41, 5.74) is 0. The monoisotopic (exact) mass is 231 g/mol. The Morgan fingerprint density at radius 3 is 2.27 bits per heavy atom. The number of likely N-dealkylation sites (N-methyl/N-ethyl adjacent to an activating group) is 1. The number of halogens is 4. The highest BCUT2D eigenvalue weighted by Crippen LogP contribution is 2.31. The zero-order chi connectivity index (χ0) is 9.07. The van der Waals surface area contributed by atoms with E-state index in [0.717, 1.165) is 6.08 Å². The summed E-state index contributed by atoms with van der Waals surface area (Å²) < 4.78 is 36.3. The van der Waals surface area contributed by atoms with Crippen LogP contribution in [0.1, 0.15) is 0 Å². The zero-order valence-electron chi connectivity index (χ0n) is 6.24. The van der Waals surface area contributed by atoms with E-state index in [4.69, 9.17) is 0 Å². The van der Waals surface area contributed by atoms with Crippen molar-refractivity contribution >= 4 is 15.9 Å². The van der Waals surface area contributed by atoms with Crippen LogP contribution in [0, 0.1) is 0 Å². The van der Waals surface area contributed by atoms with Crippen LogP contribution >= 0.6 is 15.9 Å². The molecule has 0 aromatic carbocycles. The lowest BCUT2D eigenvalue weighted by Gasteiger charge is -2.07. The van der Waals surface area contributed by atoms with Crippen molar-refractivity contribution in [2.45, 2.75) is 4.83 Å². The zero-order valence-corrected chi connectivity index (χ0v) is 7.83. The van der Waals surface area contributed by atoms with E-state index < -0.39 is 10.7 Å². The van der Waals surface area contributed by atoms with Crippen LogP contribution < -0.4 is 0 Å². The first-order valence-corrected chi connectivity index (χ1v) is 3.71. The van der Waals surface area contributed by atoms with Crippen LogP contribution in [0.15, 0.2) is 11.9 Å². The summed E-state index contributed by atoms with van der Waals surface area (Å²) in [6.07, 6.45) is 0.828. The third-order valence-corrected chi connectivity index (χ3v) is 1.29. The number of alkyl halides is 3. The van der Waals surface area contributed by atoms with E-state index in [1.54, 1.807) is 19.0 Å². The lowest BCUT2D eigenvalue weighted by Crippen LogP contribution is -2.13. The summed E-state index contributed by atoms with van der Waals surface area (Å²) in [5.74, 6) is -1.45. The molecular weight excluding hydrogens is 223 g/mol. The molecular formula is C6H9BrF3N. The van der Waals surface area contributed by atoms with Gasteiger partial charge >= 0.3 is 4.83 Å². The van der Waals surface area contributed by atoms with Crippen molar-refractivity contribution in [2.24, 2.45) is 0 Å². The minimum absolute atomic E-state index is 0.160. The fourth-order valence-electron chi connectivity index (χ4n) is 0.378. The van der Waals surface area contributed by atoms with Crippen molar-refractivity contribution in [1.82, 2.24) is 4.90 Å². The standard InChI is InChI=1S/C6H9BrF3N/c1-11(2)4-3-5(8)6(7,9)10/h3H,4H2,1-2H3/b5-3-. The molecule has 0 fully saturated rings. The summed E-state index contributed by atoms with van der Waals surface area (Å²) in [7, 11) is 3.33. The van der Waals surface area contributed by atoms with E-state index in [0.29, 0.717) is 0 Å². The van der Waals surface area contributed by atoms with Gasteiger partial charge in [-0.2, -0.15) is 8.78 Å². The molecule has 0 radical (unpaired) electrons. The second kappa shape index (κ2) is 4.11. The Morgan fingerprint density at radius 2 is 2.00 bits per heavy atom. The lowest BCUT2D eigenvalue weighted by molar-refractivity contribution is 0.126. The molecule has 1 nitrogen and oxygen atoms in total. The second-order valence-electron chi connectivity index (χ2n) is 2.31. The van der Waals surface area contributed by atoms with E-state index in [1.807, 2.05) is 15.9 Å². The molecule has 0 bridgehead atoms. The minimum Gasteiger partial charge on any atom is -0.306 e. The largest absolute Gasteiger partial charge is 0.351 e. The molecule has 0 atom stereocenters. The molecule has 0 aliphatic heterocycles. The predicted octanol–water partition coefficient (Wildman–Crippen LogP) is 2.39. The second-order valence-corrected chi connectivity index (χ2v) is 3.31. The normalized spacial score (nSPS) is 14.3. The Bertz CT molecular complexity index is 150. The molecule has 11 heavy (non-hydrogen) atoms. The third-order valence-electron chi connectivity index (χ3n) is 0.906. The highest BCUT2D eigenvalue weighted by atomic mass is 79.9. The van der Waals surface area contributed by atoms with Gasteiger partial charge in [-0.05, 0) is 36.1 Å². The van der Waals surface area contributed by atoms with Crippen LogP contribution in [0.25, 0.3) is 0 Å². The molecule has 0 amide bonds. The number of hydrogen-bond donors (Lipinski definition) is 0. The Kier molecular flexibility index (Phi) is 4.10. The third kappa shape index (κ3) is 5.26. The van der Waals surface area contributed by atoms with Crippen LogP contribution in [0.5, 0.6) is 0 Å². The minimum atomic E-state index is -3.52. The molecule has 5 heteroatoms. The summed E-state index contributed by atoms with van der Waals surface area (Å²) in [5, 5.41) is 0. The van der Waals surface area contributed by atoms with Crippen molar-refractivity contribution in [3.63, 3.8) is 0 Å². The van der Waals surface area contributed by atoms with Crippen molar-refractivity contribution in [1.29, 1.82) is 0 Å². The van der Waals surface area contributed by atoms with Gasteiger partial charge in [0, 0.05) is 6.54 Å². The first kappa shape index (κ1) is 11.0. The van der Waals surface area contributed by atoms with Gasteiger partial charge < -0.3 is 4.90 Å². The van der Waals surface area contributed by atoms with Crippen LogP contribution in [0.3, 0.4) is 0 Å². The smallest absolute Gasteiger partial charge is 0.306 e. The van der Waals surface area contributed by atoms with Gasteiger partial charge in [0.15, 0.2) is 5.83 Å². The quantitative estimate of drug-likeness (QED) is 0.675. The molecule has 0 saturated carbocycles. The van der Waals surface area contributed by atoms with Crippen molar-refractivity contribution in [3.8, 4) is 0 Å². The molecule has 0 saturated heterocycles. The Balaban J connectivity index is 4.02. The molecule has 0 spiro atoms. The first-order valence-electron chi connectivity index (χ1n) is 2.91. The Morgan fingerprint density at radius 1 is 1.55 bits per heavy atom. The van der Waals surface area contributed by atoms with E-state index >= 15 is 0 Å². The Hall–Kier alpha value is -0.0300. The highest BCUT2D eigenvalue weighted by Gasteiger charge is 2.30. The average molecular weight is 232 g/mol. The average Bonchev–Trinajstić information content (AvgIpc) is 1.80. The number of allylic oxidation sites excluding steroid dienone is 1. The van der Waals surface area contributed by atoms with Crippen molar-refractivity contribution in [2.75, 3.05) is 20.6 Å². The van der Waals surface area contributed by atoms with Crippen LogP contribution in [-0.4, -0.2) is 30.4 Å². The maximum Gasteiger partial charge on any atom is 0.351 e. The molecule has 0 heterocycles. The number of hydrogen-bond acceptors (Lipinski definition) is 1. The molecule has 0 aliphatic carbocycles. The van der Waals surface area contributed by atoms with Crippen LogP contribution in [0.2, 0.25) is 0 Å². The van der Waals surface area contributed by atoms with Gasteiger partial charge in [0.05, 0.1) is 0 Å². The predicted molar refractivity (Wildman–Crippen MR) is 41.6 cm³/mol. The fraction of sp³-hybridized carbons (Fsp3) is 0.667. The van der Waals surface area contributed by atoms with Gasteiger partial charge in [0.1, 0.15) is 0 Å². The highest BCUT2D eigenvalue weighted by molar-refractivity contribution is 9.10. The lowest BCUT2D eigenvalue weighted by atomic mass is 10.4. The van der Waals surface area contributed by atoms with Crippen molar-refractivity contribution < 1.29 is 13.2 Å². The molecule has 0 aromatic heterocycles. The van der Waals surface area contributed by atoms with Gasteiger partial charge in [0.2, 0.25) is 0 Å².